The van der Waals surface area contributed by atoms with Gasteiger partial charge in [0.25, 0.3) is 0 Å². The minimum atomic E-state index is -0.645. The molecule has 0 unspecified atom stereocenters. The SMILES string of the molecule is CCCN(Cc1ncc(-c2ccc3c(c2)CCc2cc(-c4cnc([C@@H]5[C@H](CC)CCN5C(=O)CNC(=O)OC)[nH]4)ccc2-3)[nH]1)C(=O)CNC(=O)OC. The number of hydrogen-bond acceptors (Lipinski definition) is 8. The average Bonchev–Trinajstić information content (AvgIpc) is 3.95. The molecule has 6 rings (SSSR count). The molecule has 0 bridgehead atoms. The molecule has 0 spiro atoms. The standard InChI is InChI=1S/C38H46N8O6/c1-5-14-45(33(47)20-41-37(49)51-3)22-32-39-18-30(43-32)26-9-11-28-24(16-26)7-8-25-17-27(10-12-29(25)28)31-19-40-36(44-31)35-23(6-2)13-15-46(35)34(48)21-42-38(50)52-4/h9-12,16-19,23,35H,5-8,13-15,20-22H2,1-4H3,(H,39,43)(H,40,44)(H,41,49)(H,42,50)/t23-,35+/m1/s1. The molecule has 2 atom stereocenters. The molecule has 14 nitrogen and oxygen atoms in total. The van der Waals surface area contributed by atoms with Crippen LogP contribution in [0.2, 0.25) is 0 Å². The first-order valence-corrected chi connectivity index (χ1v) is 17.8. The van der Waals surface area contributed by atoms with E-state index in [0.29, 0.717) is 25.5 Å². The topological polar surface area (TPSA) is 175 Å². The van der Waals surface area contributed by atoms with Gasteiger partial charge in [0.1, 0.15) is 24.7 Å². The first-order valence-electron chi connectivity index (χ1n) is 17.8. The van der Waals surface area contributed by atoms with Crippen molar-refractivity contribution in [3.8, 4) is 33.6 Å². The van der Waals surface area contributed by atoms with Crippen molar-refractivity contribution < 1.29 is 28.7 Å². The number of rotatable bonds is 12. The van der Waals surface area contributed by atoms with Gasteiger partial charge in [-0.05, 0) is 77.1 Å². The number of alkyl carbamates (subject to hydrolysis) is 2. The molecule has 1 fully saturated rings. The fourth-order valence-electron chi connectivity index (χ4n) is 7.28. The number of aromatic amines is 2. The molecule has 52 heavy (non-hydrogen) atoms. The highest BCUT2D eigenvalue weighted by atomic mass is 16.5. The Balaban J connectivity index is 1.15. The highest BCUT2D eigenvalue weighted by Gasteiger charge is 2.39. The van der Waals surface area contributed by atoms with Crippen molar-refractivity contribution in [2.75, 3.05) is 40.4 Å². The van der Waals surface area contributed by atoms with E-state index in [0.717, 1.165) is 60.4 Å². The number of carbonyl (C=O) groups is 4. The van der Waals surface area contributed by atoms with Crippen LogP contribution < -0.4 is 10.6 Å². The fourth-order valence-corrected chi connectivity index (χ4v) is 7.28. The van der Waals surface area contributed by atoms with Crippen LogP contribution in [0.3, 0.4) is 0 Å². The Morgan fingerprint density at radius 1 is 0.865 bits per heavy atom. The van der Waals surface area contributed by atoms with E-state index < -0.39 is 12.2 Å². The number of nitrogens with one attached hydrogen (secondary N) is 4. The fraction of sp³-hybridized carbons (Fsp3) is 0.421. The van der Waals surface area contributed by atoms with Crippen molar-refractivity contribution in [3.63, 3.8) is 0 Å². The Labute approximate surface area is 302 Å². The molecule has 0 radical (unpaired) electrons. The van der Waals surface area contributed by atoms with Gasteiger partial charge >= 0.3 is 12.2 Å². The van der Waals surface area contributed by atoms with Crippen LogP contribution in [-0.4, -0.2) is 94.1 Å². The Hall–Kier alpha value is -5.66. The van der Waals surface area contributed by atoms with Crippen LogP contribution in [0.4, 0.5) is 9.59 Å². The Morgan fingerprint density at radius 3 is 2.10 bits per heavy atom. The number of nitrogens with zero attached hydrogens (tertiary/aromatic N) is 4. The summed E-state index contributed by atoms with van der Waals surface area (Å²) in [5.41, 5.74) is 8.75. The second-order valence-electron chi connectivity index (χ2n) is 13.2. The van der Waals surface area contributed by atoms with Crippen LogP contribution in [0.25, 0.3) is 33.6 Å². The summed E-state index contributed by atoms with van der Waals surface area (Å²) >= 11 is 0. The summed E-state index contributed by atoms with van der Waals surface area (Å²) in [4.78, 5) is 68.5. The van der Waals surface area contributed by atoms with Gasteiger partial charge in [-0.25, -0.2) is 19.6 Å². The summed E-state index contributed by atoms with van der Waals surface area (Å²) in [5.74, 6) is 1.31. The first kappa shape index (κ1) is 36.1. The van der Waals surface area contributed by atoms with Crippen LogP contribution in [0.15, 0.2) is 48.8 Å². The number of hydrogen-bond donors (Lipinski definition) is 4. The molecule has 4 N–H and O–H groups in total. The van der Waals surface area contributed by atoms with E-state index in [1.165, 1.54) is 36.5 Å². The number of H-pyrrole nitrogens is 2. The monoisotopic (exact) mass is 710 g/mol. The molecule has 4 aromatic rings. The third-order valence-electron chi connectivity index (χ3n) is 9.98. The maximum atomic E-state index is 13.1. The third-order valence-corrected chi connectivity index (χ3v) is 9.98. The van der Waals surface area contributed by atoms with Crippen molar-refractivity contribution >= 4 is 24.0 Å². The molecule has 2 aliphatic rings. The summed E-state index contributed by atoms with van der Waals surface area (Å²) in [6.07, 6.45) is 6.69. The zero-order valence-corrected chi connectivity index (χ0v) is 30.1. The van der Waals surface area contributed by atoms with Crippen molar-refractivity contribution in [3.05, 3.63) is 71.6 Å². The van der Waals surface area contributed by atoms with E-state index in [1.807, 2.05) is 18.0 Å². The second kappa shape index (κ2) is 16.1. The Morgan fingerprint density at radius 2 is 1.48 bits per heavy atom. The highest BCUT2D eigenvalue weighted by Crippen LogP contribution is 2.40. The minimum Gasteiger partial charge on any atom is -0.453 e. The number of carbonyl (C=O) groups excluding carboxylic acids is 4. The number of methoxy groups -OCH3 is 2. The lowest BCUT2D eigenvalue weighted by molar-refractivity contribution is -0.132. The number of aromatic nitrogens is 4. The molecular weight excluding hydrogens is 664 g/mol. The van der Waals surface area contributed by atoms with E-state index in [4.69, 9.17) is 4.98 Å². The predicted molar refractivity (Wildman–Crippen MR) is 194 cm³/mol. The van der Waals surface area contributed by atoms with Crippen LogP contribution in [-0.2, 0) is 38.4 Å². The smallest absolute Gasteiger partial charge is 0.407 e. The maximum absolute atomic E-state index is 13.1. The number of imidazole rings is 2. The molecule has 1 aliphatic heterocycles. The summed E-state index contributed by atoms with van der Waals surface area (Å²) in [7, 11) is 2.54. The van der Waals surface area contributed by atoms with Gasteiger partial charge in [0, 0.05) is 13.1 Å². The van der Waals surface area contributed by atoms with Crippen LogP contribution in [0.5, 0.6) is 0 Å². The molecule has 274 valence electrons. The number of amides is 4. The largest absolute Gasteiger partial charge is 0.453 e. The first-order chi connectivity index (χ1) is 25.2. The van der Waals surface area contributed by atoms with Crippen molar-refractivity contribution in [2.24, 2.45) is 5.92 Å². The summed E-state index contributed by atoms with van der Waals surface area (Å²) in [6.45, 7) is 5.31. The minimum absolute atomic E-state index is 0.122. The maximum Gasteiger partial charge on any atom is 0.407 e. The zero-order valence-electron chi connectivity index (χ0n) is 30.1. The molecular formula is C38H46N8O6. The number of likely N-dealkylation sites (tertiary alicyclic amines) is 1. The second-order valence-corrected chi connectivity index (χ2v) is 13.2. The van der Waals surface area contributed by atoms with Gasteiger partial charge in [-0.2, -0.15) is 0 Å². The van der Waals surface area contributed by atoms with E-state index >= 15 is 0 Å². The molecule has 14 heteroatoms. The van der Waals surface area contributed by atoms with Crippen LogP contribution in [0.1, 0.15) is 61.9 Å². The van der Waals surface area contributed by atoms with Crippen molar-refractivity contribution in [1.82, 2.24) is 40.4 Å². The number of benzene rings is 2. The number of ether oxygens (including phenoxy) is 2. The van der Waals surface area contributed by atoms with Crippen LogP contribution in [0, 0.1) is 5.92 Å². The zero-order chi connectivity index (χ0) is 36.8. The summed E-state index contributed by atoms with van der Waals surface area (Å²) in [5, 5.41) is 4.95. The van der Waals surface area contributed by atoms with Gasteiger partial charge in [0.2, 0.25) is 11.8 Å². The van der Waals surface area contributed by atoms with E-state index in [2.05, 4.69) is 78.4 Å². The highest BCUT2D eigenvalue weighted by molar-refractivity contribution is 5.83. The summed E-state index contributed by atoms with van der Waals surface area (Å²) < 4.78 is 9.20. The predicted octanol–water partition coefficient (Wildman–Crippen LogP) is 4.98. The van der Waals surface area contributed by atoms with E-state index in [9.17, 15) is 19.2 Å². The van der Waals surface area contributed by atoms with Gasteiger partial charge in [0.05, 0.1) is 50.6 Å². The molecule has 1 aliphatic carbocycles. The lowest BCUT2D eigenvalue weighted by Gasteiger charge is -2.26. The van der Waals surface area contributed by atoms with Gasteiger partial charge < -0.3 is 39.9 Å². The third kappa shape index (κ3) is 7.80. The van der Waals surface area contributed by atoms with E-state index in [1.54, 1.807) is 11.1 Å². The molecule has 1 saturated heterocycles. The van der Waals surface area contributed by atoms with Gasteiger partial charge in [-0.3, -0.25) is 9.59 Å². The van der Waals surface area contributed by atoms with E-state index in [-0.39, 0.29) is 36.9 Å². The van der Waals surface area contributed by atoms with Crippen molar-refractivity contribution in [2.45, 2.75) is 58.5 Å². The Kier molecular flexibility index (Phi) is 11.2. The number of fused-ring (bicyclic) bond motifs is 3. The summed E-state index contributed by atoms with van der Waals surface area (Å²) in [6, 6.07) is 12.8. The van der Waals surface area contributed by atoms with Crippen molar-refractivity contribution in [1.29, 1.82) is 0 Å². The molecule has 4 amide bonds. The number of aryl methyl sites for hydroxylation is 2. The Bertz CT molecular complexity index is 1940. The average molecular weight is 711 g/mol. The van der Waals surface area contributed by atoms with Gasteiger partial charge in [0.15, 0.2) is 0 Å². The quantitative estimate of drug-likeness (QED) is 0.159. The van der Waals surface area contributed by atoms with Gasteiger partial charge in [-0.15, -0.1) is 0 Å². The molecule has 2 aromatic carbocycles. The van der Waals surface area contributed by atoms with Crippen LogP contribution >= 0.6 is 0 Å². The molecule has 0 saturated carbocycles. The lowest BCUT2D eigenvalue weighted by Crippen LogP contribution is -2.40. The molecule has 3 heterocycles. The normalized spacial score (nSPS) is 16.1. The van der Waals surface area contributed by atoms with Gasteiger partial charge in [-0.1, -0.05) is 44.5 Å². The lowest BCUT2D eigenvalue weighted by atomic mass is 9.83. The molecule has 2 aromatic heterocycles.